The standard InChI is InChI=1S/C16H24N4OS/c17-14-12-3-2-11(10-12)13(14)15(21)19-5-1-6-20(8-7-19)16-18-4-9-22-16/h4,9,11-14H,1-3,5-8,10,17H2. The van der Waals surface area contributed by atoms with Gasteiger partial charge >= 0.3 is 0 Å². The van der Waals surface area contributed by atoms with Crippen molar-refractivity contribution in [1.82, 2.24) is 9.88 Å². The lowest BCUT2D eigenvalue weighted by Crippen LogP contribution is -2.48. The SMILES string of the molecule is NC1C2CCC(C2)C1C(=O)N1CCCN(c2nccs2)CC1. The Morgan fingerprint density at radius 3 is 2.82 bits per heavy atom. The summed E-state index contributed by atoms with van der Waals surface area (Å²) in [4.78, 5) is 21.7. The summed E-state index contributed by atoms with van der Waals surface area (Å²) in [5, 5.41) is 3.09. The number of anilines is 1. The van der Waals surface area contributed by atoms with E-state index in [9.17, 15) is 4.79 Å². The number of aromatic nitrogens is 1. The Balaban J connectivity index is 1.42. The molecule has 0 spiro atoms. The molecule has 4 rings (SSSR count). The van der Waals surface area contributed by atoms with Crippen molar-refractivity contribution >= 4 is 22.4 Å². The lowest BCUT2D eigenvalue weighted by Gasteiger charge is -2.32. The molecule has 4 atom stereocenters. The zero-order chi connectivity index (χ0) is 15.1. The van der Waals surface area contributed by atoms with E-state index in [2.05, 4.69) is 14.8 Å². The van der Waals surface area contributed by atoms with E-state index < -0.39 is 0 Å². The average molecular weight is 320 g/mol. The van der Waals surface area contributed by atoms with Crippen LogP contribution < -0.4 is 10.6 Å². The molecule has 2 heterocycles. The van der Waals surface area contributed by atoms with Crippen LogP contribution in [-0.2, 0) is 4.79 Å². The second-order valence-electron chi connectivity index (χ2n) is 6.92. The minimum Gasteiger partial charge on any atom is -0.346 e. The molecule has 22 heavy (non-hydrogen) atoms. The van der Waals surface area contributed by atoms with E-state index in [-0.39, 0.29) is 12.0 Å². The predicted octanol–water partition coefficient (Wildman–Crippen LogP) is 1.56. The third kappa shape index (κ3) is 2.42. The molecule has 0 aromatic carbocycles. The maximum Gasteiger partial charge on any atom is 0.227 e. The molecular weight excluding hydrogens is 296 g/mol. The molecule has 1 saturated heterocycles. The van der Waals surface area contributed by atoms with Crippen LogP contribution >= 0.6 is 11.3 Å². The number of hydrogen-bond acceptors (Lipinski definition) is 5. The van der Waals surface area contributed by atoms with Gasteiger partial charge in [-0.25, -0.2) is 4.98 Å². The number of carbonyl (C=O) groups excluding carboxylic acids is 1. The van der Waals surface area contributed by atoms with E-state index in [1.54, 1.807) is 11.3 Å². The molecule has 1 aliphatic heterocycles. The fourth-order valence-electron chi connectivity index (χ4n) is 4.61. The highest BCUT2D eigenvalue weighted by atomic mass is 32.1. The number of carbonyl (C=O) groups is 1. The summed E-state index contributed by atoms with van der Waals surface area (Å²) < 4.78 is 0. The highest BCUT2D eigenvalue weighted by molar-refractivity contribution is 7.13. The number of nitrogens with two attached hydrogens (primary N) is 1. The molecule has 3 fully saturated rings. The fourth-order valence-corrected chi connectivity index (χ4v) is 5.31. The largest absolute Gasteiger partial charge is 0.346 e. The van der Waals surface area contributed by atoms with E-state index in [1.807, 2.05) is 11.6 Å². The van der Waals surface area contributed by atoms with Crippen molar-refractivity contribution in [3.8, 4) is 0 Å². The molecule has 4 unspecified atom stereocenters. The normalized spacial score (nSPS) is 35.0. The van der Waals surface area contributed by atoms with E-state index in [1.165, 1.54) is 19.3 Å². The summed E-state index contributed by atoms with van der Waals surface area (Å²) in [5.74, 6) is 1.55. The number of fused-ring (bicyclic) bond motifs is 2. The van der Waals surface area contributed by atoms with Gasteiger partial charge in [0.05, 0.1) is 5.92 Å². The summed E-state index contributed by atoms with van der Waals surface area (Å²) in [6, 6.07) is 0.101. The summed E-state index contributed by atoms with van der Waals surface area (Å²) in [7, 11) is 0. The van der Waals surface area contributed by atoms with E-state index in [0.29, 0.717) is 17.7 Å². The van der Waals surface area contributed by atoms with Crippen molar-refractivity contribution in [2.24, 2.45) is 23.5 Å². The predicted molar refractivity (Wildman–Crippen MR) is 87.8 cm³/mol. The van der Waals surface area contributed by atoms with Crippen LogP contribution in [0.4, 0.5) is 5.13 Å². The van der Waals surface area contributed by atoms with Crippen LogP contribution in [0.15, 0.2) is 11.6 Å². The van der Waals surface area contributed by atoms with E-state index in [0.717, 1.165) is 37.7 Å². The Labute approximate surface area is 135 Å². The van der Waals surface area contributed by atoms with Gasteiger partial charge in [0.2, 0.25) is 5.91 Å². The van der Waals surface area contributed by atoms with Crippen LogP contribution in [0, 0.1) is 17.8 Å². The number of rotatable bonds is 2. The molecule has 1 aromatic rings. The van der Waals surface area contributed by atoms with Crippen LogP contribution in [0.5, 0.6) is 0 Å². The molecule has 2 N–H and O–H groups in total. The minimum atomic E-state index is 0.0881. The Kier molecular flexibility index (Phi) is 3.82. The van der Waals surface area contributed by atoms with Gasteiger partial charge in [-0.1, -0.05) is 0 Å². The molecule has 120 valence electrons. The summed E-state index contributed by atoms with van der Waals surface area (Å²) in [6.07, 6.45) is 6.47. The second kappa shape index (κ2) is 5.81. The topological polar surface area (TPSA) is 62.5 Å². The molecule has 3 aliphatic rings. The molecule has 2 bridgehead atoms. The first kappa shape index (κ1) is 14.5. The van der Waals surface area contributed by atoms with Crippen LogP contribution in [0.25, 0.3) is 0 Å². The smallest absolute Gasteiger partial charge is 0.227 e. The number of thiazole rings is 1. The van der Waals surface area contributed by atoms with Gasteiger partial charge in [-0.15, -0.1) is 11.3 Å². The first-order valence-corrected chi connectivity index (χ1v) is 9.31. The first-order chi connectivity index (χ1) is 10.7. The highest BCUT2D eigenvalue weighted by Gasteiger charge is 2.50. The van der Waals surface area contributed by atoms with Gasteiger partial charge in [-0.3, -0.25) is 4.79 Å². The van der Waals surface area contributed by atoms with Crippen molar-refractivity contribution in [3.63, 3.8) is 0 Å². The third-order valence-electron chi connectivity index (χ3n) is 5.76. The Bertz CT molecular complexity index is 532. The Morgan fingerprint density at radius 1 is 1.23 bits per heavy atom. The monoisotopic (exact) mass is 320 g/mol. The molecule has 6 heteroatoms. The fraction of sp³-hybridized carbons (Fsp3) is 0.750. The van der Waals surface area contributed by atoms with Crippen molar-refractivity contribution in [3.05, 3.63) is 11.6 Å². The second-order valence-corrected chi connectivity index (χ2v) is 7.79. The van der Waals surface area contributed by atoms with Crippen LogP contribution in [0.1, 0.15) is 25.7 Å². The molecule has 2 aliphatic carbocycles. The van der Waals surface area contributed by atoms with Gasteiger partial charge in [-0.05, 0) is 37.5 Å². The average Bonchev–Trinajstić information content (AvgIpc) is 3.21. The summed E-state index contributed by atoms with van der Waals surface area (Å²) >= 11 is 1.68. The maximum absolute atomic E-state index is 13.0. The van der Waals surface area contributed by atoms with E-state index in [4.69, 9.17) is 5.73 Å². The van der Waals surface area contributed by atoms with Gasteiger partial charge < -0.3 is 15.5 Å². The highest BCUT2D eigenvalue weighted by Crippen LogP contribution is 2.48. The quantitative estimate of drug-likeness (QED) is 0.898. The van der Waals surface area contributed by atoms with Gasteiger partial charge in [-0.2, -0.15) is 0 Å². The maximum atomic E-state index is 13.0. The van der Waals surface area contributed by atoms with Gasteiger partial charge in [0.15, 0.2) is 5.13 Å². The third-order valence-corrected chi connectivity index (χ3v) is 6.60. The summed E-state index contributed by atoms with van der Waals surface area (Å²) in [6.45, 7) is 3.54. The zero-order valence-corrected chi connectivity index (χ0v) is 13.7. The molecule has 1 amide bonds. The summed E-state index contributed by atoms with van der Waals surface area (Å²) in [5.41, 5.74) is 6.35. The number of hydrogen-bond donors (Lipinski definition) is 1. The van der Waals surface area contributed by atoms with Crippen LogP contribution in [0.3, 0.4) is 0 Å². The van der Waals surface area contributed by atoms with Gasteiger partial charge in [0.1, 0.15) is 0 Å². The lowest BCUT2D eigenvalue weighted by molar-refractivity contribution is -0.137. The van der Waals surface area contributed by atoms with Crippen LogP contribution in [0.2, 0.25) is 0 Å². The molecule has 1 aromatic heterocycles. The van der Waals surface area contributed by atoms with Crippen LogP contribution in [-0.4, -0.2) is 48.0 Å². The lowest BCUT2D eigenvalue weighted by atomic mass is 9.84. The first-order valence-electron chi connectivity index (χ1n) is 8.43. The minimum absolute atomic E-state index is 0.0881. The number of amides is 1. The van der Waals surface area contributed by atoms with Crippen molar-refractivity contribution in [2.75, 3.05) is 31.1 Å². The van der Waals surface area contributed by atoms with Crippen molar-refractivity contribution in [1.29, 1.82) is 0 Å². The molecule has 5 nitrogen and oxygen atoms in total. The van der Waals surface area contributed by atoms with Gasteiger partial charge in [0.25, 0.3) is 0 Å². The van der Waals surface area contributed by atoms with E-state index >= 15 is 0 Å². The molecular formula is C16H24N4OS. The molecule has 2 saturated carbocycles. The Hall–Kier alpha value is -1.14. The zero-order valence-electron chi connectivity index (χ0n) is 12.9. The number of nitrogens with zero attached hydrogens (tertiary/aromatic N) is 3. The Morgan fingerprint density at radius 2 is 2.09 bits per heavy atom. The molecule has 0 radical (unpaired) electrons. The van der Waals surface area contributed by atoms with Crippen molar-refractivity contribution in [2.45, 2.75) is 31.7 Å². The van der Waals surface area contributed by atoms with Gasteiger partial charge in [0, 0.05) is 43.8 Å². The van der Waals surface area contributed by atoms with Crippen molar-refractivity contribution < 1.29 is 4.79 Å².